The molecule has 168 valence electrons. The number of hydrogen-bond donors (Lipinski definition) is 0. The summed E-state index contributed by atoms with van der Waals surface area (Å²) >= 11 is 0. The summed E-state index contributed by atoms with van der Waals surface area (Å²) in [5, 5.41) is 0.305. The van der Waals surface area contributed by atoms with Crippen molar-refractivity contribution >= 4 is 29.7 Å². The van der Waals surface area contributed by atoms with E-state index in [0.717, 1.165) is 44.7 Å². The molecule has 1 aliphatic heterocycles. The van der Waals surface area contributed by atoms with Crippen molar-refractivity contribution in [3.05, 3.63) is 34.4 Å². The number of fused-ring (bicyclic) bond motifs is 1. The summed E-state index contributed by atoms with van der Waals surface area (Å²) in [7, 11) is 0. The number of hydrogen-bond acceptors (Lipinski definition) is 8. The van der Waals surface area contributed by atoms with Crippen LogP contribution >= 0.6 is 0 Å². The van der Waals surface area contributed by atoms with Crippen LogP contribution in [0.4, 0.5) is 0 Å². The van der Waals surface area contributed by atoms with E-state index in [2.05, 4.69) is 4.84 Å². The van der Waals surface area contributed by atoms with E-state index in [0.29, 0.717) is 17.9 Å². The van der Waals surface area contributed by atoms with Crippen LogP contribution in [0.15, 0.2) is 12.1 Å². The van der Waals surface area contributed by atoms with Gasteiger partial charge in [-0.2, -0.15) is 0 Å². The summed E-state index contributed by atoms with van der Waals surface area (Å²) in [6.07, 6.45) is 4.92. The Labute approximate surface area is 180 Å². The first-order valence-corrected chi connectivity index (χ1v) is 10.4. The molecule has 9 nitrogen and oxygen atoms in total. The lowest BCUT2D eigenvalue weighted by atomic mass is 9.99. The Balaban J connectivity index is 2.36. The highest BCUT2D eigenvalue weighted by Crippen LogP contribution is 2.28. The van der Waals surface area contributed by atoms with Crippen molar-refractivity contribution in [2.24, 2.45) is 0 Å². The lowest BCUT2D eigenvalue weighted by Crippen LogP contribution is -2.31. The van der Waals surface area contributed by atoms with E-state index < -0.39 is 29.7 Å². The largest absolute Gasteiger partial charge is 0.462 e. The Morgan fingerprint density at radius 3 is 1.55 bits per heavy atom. The number of rotatable bonds is 11. The lowest BCUT2D eigenvalue weighted by Gasteiger charge is -2.11. The topological polar surface area (TPSA) is 116 Å². The number of amides is 2. The molecule has 1 heterocycles. The van der Waals surface area contributed by atoms with Gasteiger partial charge in [-0.15, -0.1) is 0 Å². The van der Waals surface area contributed by atoms with Crippen molar-refractivity contribution in [1.29, 1.82) is 0 Å². The standard InChI is InChI=1S/C22H27NO8/c1-4-6-8-10-29-21(27)17-12-15-16(20(26)23(19(15)25)31-14(3)24)13-18(17)22(28)30-11-9-7-5-2/h12-13H,4-11H2,1-3H3. The van der Waals surface area contributed by atoms with Crippen LogP contribution in [0, 0.1) is 0 Å². The third-order valence-corrected chi connectivity index (χ3v) is 4.61. The minimum Gasteiger partial charge on any atom is -0.462 e. The minimum absolute atomic E-state index is 0.154. The van der Waals surface area contributed by atoms with Crippen LogP contribution in [-0.4, -0.2) is 48.0 Å². The van der Waals surface area contributed by atoms with Gasteiger partial charge in [-0.25, -0.2) is 14.4 Å². The average Bonchev–Trinajstić information content (AvgIpc) is 2.97. The van der Waals surface area contributed by atoms with Crippen molar-refractivity contribution < 1.29 is 38.3 Å². The number of unbranched alkanes of at least 4 members (excludes halogenated alkanes) is 4. The fourth-order valence-electron chi connectivity index (χ4n) is 3.00. The molecule has 0 unspecified atom stereocenters. The highest BCUT2D eigenvalue weighted by atomic mass is 16.7. The Hall–Kier alpha value is -3.23. The van der Waals surface area contributed by atoms with Crippen LogP contribution in [0.3, 0.4) is 0 Å². The van der Waals surface area contributed by atoms with Crippen LogP contribution < -0.4 is 0 Å². The number of imide groups is 1. The van der Waals surface area contributed by atoms with Gasteiger partial charge < -0.3 is 14.3 Å². The Kier molecular flexibility index (Phi) is 8.72. The summed E-state index contributed by atoms with van der Waals surface area (Å²) in [5.74, 6) is -4.27. The predicted octanol–water partition coefficient (Wildman–Crippen LogP) is 3.45. The number of ether oxygens (including phenoxy) is 2. The number of carbonyl (C=O) groups excluding carboxylic acids is 5. The molecule has 9 heteroatoms. The number of nitrogens with zero attached hydrogens (tertiary/aromatic N) is 1. The van der Waals surface area contributed by atoms with Gasteiger partial charge in [0, 0.05) is 6.92 Å². The van der Waals surface area contributed by atoms with E-state index in [1.165, 1.54) is 0 Å². The van der Waals surface area contributed by atoms with Gasteiger partial charge in [-0.1, -0.05) is 44.6 Å². The molecule has 0 saturated heterocycles. The fourth-order valence-corrected chi connectivity index (χ4v) is 3.00. The molecule has 31 heavy (non-hydrogen) atoms. The quantitative estimate of drug-likeness (QED) is 0.296. The van der Waals surface area contributed by atoms with Crippen molar-refractivity contribution in [3.63, 3.8) is 0 Å². The molecule has 2 amide bonds. The van der Waals surface area contributed by atoms with Gasteiger partial charge in [-0.3, -0.25) is 9.59 Å². The minimum atomic E-state index is -0.905. The van der Waals surface area contributed by atoms with Crippen LogP contribution in [0.5, 0.6) is 0 Å². The molecule has 1 aliphatic rings. The van der Waals surface area contributed by atoms with Gasteiger partial charge in [0.25, 0.3) is 11.8 Å². The van der Waals surface area contributed by atoms with Crippen molar-refractivity contribution in [3.8, 4) is 0 Å². The van der Waals surface area contributed by atoms with E-state index in [9.17, 15) is 24.0 Å². The second kappa shape index (κ2) is 11.2. The molecule has 0 atom stereocenters. The monoisotopic (exact) mass is 433 g/mol. The first-order chi connectivity index (χ1) is 14.8. The zero-order valence-corrected chi connectivity index (χ0v) is 18.0. The van der Waals surface area contributed by atoms with E-state index in [1.807, 2.05) is 13.8 Å². The second-order valence-corrected chi connectivity index (χ2v) is 7.12. The van der Waals surface area contributed by atoms with Crippen molar-refractivity contribution in [2.45, 2.75) is 59.3 Å². The summed E-state index contributed by atoms with van der Waals surface area (Å²) < 4.78 is 10.5. The normalized spacial score (nSPS) is 12.5. The first-order valence-electron chi connectivity index (χ1n) is 10.4. The summed E-state index contributed by atoms with van der Waals surface area (Å²) in [4.78, 5) is 66.1. The average molecular weight is 433 g/mol. The van der Waals surface area contributed by atoms with E-state index in [1.54, 1.807) is 0 Å². The molecule has 0 aromatic heterocycles. The Morgan fingerprint density at radius 1 is 0.774 bits per heavy atom. The predicted molar refractivity (Wildman–Crippen MR) is 108 cm³/mol. The molecule has 0 aliphatic carbocycles. The molecular weight excluding hydrogens is 406 g/mol. The van der Waals surface area contributed by atoms with Gasteiger partial charge in [0.2, 0.25) is 0 Å². The molecule has 1 aromatic carbocycles. The zero-order valence-electron chi connectivity index (χ0n) is 18.0. The third-order valence-electron chi connectivity index (χ3n) is 4.61. The van der Waals surface area contributed by atoms with Gasteiger partial charge >= 0.3 is 17.9 Å². The first kappa shape index (κ1) is 24.0. The number of carbonyl (C=O) groups is 5. The van der Waals surface area contributed by atoms with Crippen molar-refractivity contribution in [2.75, 3.05) is 13.2 Å². The lowest BCUT2D eigenvalue weighted by molar-refractivity contribution is -0.165. The smallest absolute Gasteiger partial charge is 0.339 e. The van der Waals surface area contributed by atoms with Crippen molar-refractivity contribution in [1.82, 2.24) is 5.06 Å². The molecular formula is C22H27NO8. The van der Waals surface area contributed by atoms with Gasteiger partial charge in [0.05, 0.1) is 35.5 Å². The maximum absolute atomic E-state index is 12.6. The number of esters is 2. The highest BCUT2D eigenvalue weighted by molar-refractivity contribution is 6.22. The van der Waals surface area contributed by atoms with E-state index >= 15 is 0 Å². The molecule has 0 N–H and O–H groups in total. The van der Waals surface area contributed by atoms with Crippen LogP contribution in [0.25, 0.3) is 0 Å². The Morgan fingerprint density at radius 2 is 1.19 bits per heavy atom. The van der Waals surface area contributed by atoms with E-state index in [-0.39, 0.29) is 35.5 Å². The van der Waals surface area contributed by atoms with Gasteiger partial charge in [0.1, 0.15) is 0 Å². The second-order valence-electron chi connectivity index (χ2n) is 7.12. The summed E-state index contributed by atoms with van der Waals surface area (Å²) in [6.45, 7) is 5.36. The summed E-state index contributed by atoms with van der Waals surface area (Å²) in [5.41, 5.74) is -0.674. The number of benzene rings is 1. The van der Waals surface area contributed by atoms with Crippen LogP contribution in [-0.2, 0) is 19.1 Å². The SMILES string of the molecule is CCCCCOC(=O)c1cc2c(cc1C(=O)OCCCCC)C(=O)N(OC(C)=O)C2=O. The van der Waals surface area contributed by atoms with Gasteiger partial charge in [0.15, 0.2) is 0 Å². The molecule has 0 radical (unpaired) electrons. The molecule has 2 rings (SSSR count). The maximum atomic E-state index is 12.6. The molecule has 0 saturated carbocycles. The third kappa shape index (κ3) is 5.90. The van der Waals surface area contributed by atoms with Crippen LogP contribution in [0.1, 0.15) is 101 Å². The van der Waals surface area contributed by atoms with E-state index in [4.69, 9.17) is 9.47 Å². The van der Waals surface area contributed by atoms with Gasteiger partial charge in [-0.05, 0) is 25.0 Å². The highest BCUT2D eigenvalue weighted by Gasteiger charge is 2.41. The summed E-state index contributed by atoms with van der Waals surface area (Å²) in [6, 6.07) is 2.23. The maximum Gasteiger partial charge on any atom is 0.339 e. The molecule has 0 fully saturated rings. The fraction of sp³-hybridized carbons (Fsp3) is 0.500. The molecule has 0 spiro atoms. The molecule has 0 bridgehead atoms. The zero-order chi connectivity index (χ0) is 23.0. The Bertz CT molecular complexity index is 814. The molecule has 1 aromatic rings. The van der Waals surface area contributed by atoms with Crippen LogP contribution in [0.2, 0.25) is 0 Å². The number of hydroxylamine groups is 2.